The standard InChI is InChI=1S/C8H11N3O4/c1-5(12)11-7(8(14)15)3-2-6(13)4-10-9/h4,7,9H,2-3H2,1H3,(H-,11,12,14,15)/p+1. The number of carboxylic acid groups (broad SMARTS) is 1. The van der Waals surface area contributed by atoms with Gasteiger partial charge in [0.15, 0.2) is 0 Å². The number of amides is 1. The van der Waals surface area contributed by atoms with Gasteiger partial charge in [0.1, 0.15) is 6.04 Å². The lowest BCUT2D eigenvalue weighted by Gasteiger charge is -2.10. The van der Waals surface area contributed by atoms with Crippen LogP contribution in [0.4, 0.5) is 0 Å². The molecule has 0 heterocycles. The number of ketones is 1. The van der Waals surface area contributed by atoms with E-state index < -0.39 is 23.7 Å². The summed E-state index contributed by atoms with van der Waals surface area (Å²) in [6.07, 6.45) is 0.714. The van der Waals surface area contributed by atoms with Gasteiger partial charge in [-0.25, -0.2) is 4.79 Å². The van der Waals surface area contributed by atoms with Crippen LogP contribution >= 0.6 is 0 Å². The summed E-state index contributed by atoms with van der Waals surface area (Å²) < 4.78 is 0. The highest BCUT2D eigenvalue weighted by Gasteiger charge is 2.19. The van der Waals surface area contributed by atoms with Crippen LogP contribution in [0.5, 0.6) is 0 Å². The monoisotopic (exact) mass is 214 g/mol. The average molecular weight is 214 g/mol. The maximum absolute atomic E-state index is 10.9. The van der Waals surface area contributed by atoms with Crippen LogP contribution in [0, 0.1) is 5.53 Å². The summed E-state index contributed by atoms with van der Waals surface area (Å²) in [7, 11) is 0. The Bertz CT molecular complexity index is 320. The van der Waals surface area contributed by atoms with Gasteiger partial charge in [-0.2, -0.15) is 0 Å². The van der Waals surface area contributed by atoms with E-state index in [0.717, 1.165) is 6.21 Å². The van der Waals surface area contributed by atoms with Crippen LogP contribution < -0.4 is 5.32 Å². The molecular formula is C8H12N3O4+. The Labute approximate surface area is 85.7 Å². The van der Waals surface area contributed by atoms with Crippen LogP contribution in [0.2, 0.25) is 0 Å². The highest BCUT2D eigenvalue weighted by molar-refractivity contribution is 6.25. The SMILES string of the molecule is CC(=O)NC(CCC(=O)C=[N+]=N)C(=O)O. The predicted octanol–water partition coefficient (Wildman–Crippen LogP) is -0.765. The second-order valence-corrected chi connectivity index (χ2v) is 2.85. The second kappa shape index (κ2) is 6.44. The van der Waals surface area contributed by atoms with E-state index in [-0.39, 0.29) is 12.8 Å². The van der Waals surface area contributed by atoms with Crippen molar-refractivity contribution in [2.45, 2.75) is 25.8 Å². The molecule has 3 N–H and O–H groups in total. The molecule has 7 nitrogen and oxygen atoms in total. The van der Waals surface area contributed by atoms with Crippen molar-refractivity contribution in [1.82, 2.24) is 5.32 Å². The number of aliphatic carboxylic acids is 1. The first-order valence-electron chi connectivity index (χ1n) is 4.20. The maximum atomic E-state index is 10.9. The van der Waals surface area contributed by atoms with Crippen molar-refractivity contribution in [1.29, 1.82) is 5.53 Å². The predicted molar refractivity (Wildman–Crippen MR) is 48.5 cm³/mol. The zero-order valence-corrected chi connectivity index (χ0v) is 8.19. The first-order valence-corrected chi connectivity index (χ1v) is 4.20. The second-order valence-electron chi connectivity index (χ2n) is 2.85. The highest BCUT2D eigenvalue weighted by Crippen LogP contribution is 1.98. The molecule has 0 spiro atoms. The molecule has 1 unspecified atom stereocenters. The van der Waals surface area contributed by atoms with Gasteiger partial charge < -0.3 is 10.4 Å². The third kappa shape index (κ3) is 6.11. The molecule has 0 aliphatic heterocycles. The van der Waals surface area contributed by atoms with Crippen molar-refractivity contribution >= 4 is 23.9 Å². The van der Waals surface area contributed by atoms with Crippen LogP contribution in [-0.4, -0.2) is 39.8 Å². The summed E-state index contributed by atoms with van der Waals surface area (Å²) >= 11 is 0. The Morgan fingerprint density at radius 3 is 2.53 bits per heavy atom. The van der Waals surface area contributed by atoms with Crippen LogP contribution in [0.25, 0.3) is 0 Å². The fraction of sp³-hybridized carbons (Fsp3) is 0.500. The van der Waals surface area contributed by atoms with Gasteiger partial charge in [-0.05, 0) is 6.42 Å². The summed E-state index contributed by atoms with van der Waals surface area (Å²) in [6.45, 7) is 1.20. The highest BCUT2D eigenvalue weighted by atomic mass is 16.4. The molecule has 0 saturated carbocycles. The summed E-state index contributed by atoms with van der Waals surface area (Å²) in [5.74, 6) is -2.11. The first-order chi connectivity index (χ1) is 6.97. The summed E-state index contributed by atoms with van der Waals surface area (Å²) in [5, 5.41) is 10.9. The van der Waals surface area contributed by atoms with Crippen molar-refractivity contribution in [2.24, 2.45) is 0 Å². The van der Waals surface area contributed by atoms with Gasteiger partial charge in [0.05, 0.1) is 10.3 Å². The van der Waals surface area contributed by atoms with E-state index in [9.17, 15) is 14.4 Å². The molecule has 0 bridgehead atoms. The zero-order valence-electron chi connectivity index (χ0n) is 8.19. The molecule has 82 valence electrons. The number of hydrogen-bond acceptors (Lipinski definition) is 4. The molecular weight excluding hydrogens is 202 g/mol. The zero-order chi connectivity index (χ0) is 11.8. The van der Waals surface area contributed by atoms with E-state index in [1.807, 2.05) is 0 Å². The molecule has 0 fully saturated rings. The molecule has 0 radical (unpaired) electrons. The summed E-state index contributed by atoms with van der Waals surface area (Å²) in [5.41, 5.74) is 6.38. The van der Waals surface area contributed by atoms with E-state index in [4.69, 9.17) is 10.6 Å². The third-order valence-corrected chi connectivity index (χ3v) is 1.56. The number of rotatable bonds is 6. The Morgan fingerprint density at radius 1 is 1.53 bits per heavy atom. The lowest BCUT2D eigenvalue weighted by molar-refractivity contribution is -0.142. The largest absolute Gasteiger partial charge is 0.480 e. The van der Waals surface area contributed by atoms with E-state index in [2.05, 4.69) is 10.1 Å². The fourth-order valence-electron chi connectivity index (χ4n) is 0.926. The minimum Gasteiger partial charge on any atom is -0.480 e. The molecule has 0 rings (SSSR count). The van der Waals surface area contributed by atoms with Gasteiger partial charge in [-0.15, -0.1) is 0 Å². The van der Waals surface area contributed by atoms with Gasteiger partial charge >= 0.3 is 12.2 Å². The molecule has 7 heteroatoms. The van der Waals surface area contributed by atoms with Crippen LogP contribution in [-0.2, 0) is 14.4 Å². The molecule has 15 heavy (non-hydrogen) atoms. The Balaban J connectivity index is 4.18. The van der Waals surface area contributed by atoms with Gasteiger partial charge in [0, 0.05) is 13.3 Å². The lowest BCUT2D eigenvalue weighted by atomic mass is 10.1. The molecule has 1 amide bonds. The molecule has 0 saturated heterocycles. The minimum atomic E-state index is -1.19. The summed E-state index contributed by atoms with van der Waals surface area (Å²) in [6, 6.07) is -1.08. The number of carbonyl (C=O) groups excluding carboxylic acids is 2. The van der Waals surface area contributed by atoms with Crippen molar-refractivity contribution in [3.63, 3.8) is 0 Å². The number of hydrogen-bond donors (Lipinski definition) is 3. The van der Waals surface area contributed by atoms with Gasteiger partial charge in [0.25, 0.3) is 0 Å². The number of nitrogens with zero attached hydrogens (tertiary/aromatic N) is 1. The van der Waals surface area contributed by atoms with E-state index in [0.29, 0.717) is 0 Å². The number of Topliss-reactive ketones (excluding diaryl/α,β-unsaturated/α-hetero) is 1. The average Bonchev–Trinajstić information content (AvgIpc) is 2.11. The first kappa shape index (κ1) is 13.0. The number of carbonyl (C=O) groups is 3. The van der Waals surface area contributed by atoms with Gasteiger partial charge in [-0.3, -0.25) is 9.59 Å². The van der Waals surface area contributed by atoms with Crippen LogP contribution in [0.3, 0.4) is 0 Å². The van der Waals surface area contributed by atoms with Crippen molar-refractivity contribution in [3.05, 3.63) is 0 Å². The van der Waals surface area contributed by atoms with E-state index >= 15 is 0 Å². The van der Waals surface area contributed by atoms with Crippen LogP contribution in [0.15, 0.2) is 0 Å². The van der Waals surface area contributed by atoms with Crippen molar-refractivity contribution in [2.75, 3.05) is 0 Å². The Kier molecular flexibility index (Phi) is 5.58. The topological polar surface area (TPSA) is 121 Å². The van der Waals surface area contributed by atoms with Gasteiger partial charge in [-0.1, -0.05) is 0 Å². The lowest BCUT2D eigenvalue weighted by Crippen LogP contribution is -2.39. The maximum Gasteiger partial charge on any atom is 0.372 e. The Morgan fingerprint density at radius 2 is 2.13 bits per heavy atom. The van der Waals surface area contributed by atoms with Crippen LogP contribution in [0.1, 0.15) is 19.8 Å². The summed E-state index contributed by atoms with van der Waals surface area (Å²) in [4.78, 5) is 34.9. The number of carboxylic acids is 1. The third-order valence-electron chi connectivity index (χ3n) is 1.56. The molecule has 0 aromatic carbocycles. The minimum absolute atomic E-state index is 0.0141. The molecule has 0 aliphatic rings. The number of nitrogens with one attached hydrogen (secondary N) is 2. The Hall–Kier alpha value is -2.01. The van der Waals surface area contributed by atoms with E-state index in [1.165, 1.54) is 6.92 Å². The molecule has 0 aromatic rings. The normalized spacial score (nSPS) is 11.0. The van der Waals surface area contributed by atoms with E-state index in [1.54, 1.807) is 0 Å². The van der Waals surface area contributed by atoms with Gasteiger partial charge in [0.2, 0.25) is 11.7 Å². The fourth-order valence-corrected chi connectivity index (χ4v) is 0.926. The van der Waals surface area contributed by atoms with Crippen molar-refractivity contribution in [3.8, 4) is 0 Å². The quantitative estimate of drug-likeness (QED) is 0.305. The molecule has 1 atom stereocenters. The smallest absolute Gasteiger partial charge is 0.372 e. The van der Waals surface area contributed by atoms with Crippen molar-refractivity contribution < 1.29 is 24.3 Å². The molecule has 0 aliphatic carbocycles. The molecule has 0 aromatic heterocycles.